The van der Waals surface area contributed by atoms with Gasteiger partial charge in [0.2, 0.25) is 0 Å². The third-order valence-corrected chi connectivity index (χ3v) is 2.16. The van der Waals surface area contributed by atoms with E-state index >= 15 is 0 Å². The minimum absolute atomic E-state index is 0.185. The zero-order chi connectivity index (χ0) is 8.55. The zero-order valence-electron chi connectivity index (χ0n) is 5.85. The van der Waals surface area contributed by atoms with Gasteiger partial charge in [-0.05, 0) is 12.1 Å². The second-order valence-electron chi connectivity index (χ2n) is 2.17. The lowest BCUT2D eigenvalue weighted by molar-refractivity contribution is 0.403. The lowest BCUT2D eigenvalue weighted by Gasteiger charge is -2.09. The van der Waals surface area contributed by atoms with Gasteiger partial charge in [-0.15, -0.1) is 5.11 Å². The highest BCUT2D eigenvalue weighted by molar-refractivity contribution is 7.97. The van der Waals surface area contributed by atoms with Gasteiger partial charge in [-0.1, -0.05) is 5.22 Å². The quantitative estimate of drug-likeness (QED) is 0.422. The van der Waals surface area contributed by atoms with Crippen LogP contribution in [-0.4, -0.2) is 10.2 Å². The highest BCUT2D eigenvalue weighted by Crippen LogP contribution is 2.43. The maximum Gasteiger partial charge on any atom is 0.186 e. The molecule has 62 valence electrons. The van der Waals surface area contributed by atoms with E-state index < -0.39 is 0 Å². The number of fused-ring (bicyclic) bond motifs is 1. The molecule has 0 saturated heterocycles. The van der Waals surface area contributed by atoms with Crippen molar-refractivity contribution < 1.29 is 10.2 Å². The highest BCUT2D eigenvalue weighted by atomic mass is 32.2. The Bertz CT molecular complexity index is 353. The summed E-state index contributed by atoms with van der Waals surface area (Å²) in [5.74, 6) is -0.416. The van der Waals surface area contributed by atoms with Crippen LogP contribution in [0.3, 0.4) is 0 Å². The summed E-state index contributed by atoms with van der Waals surface area (Å²) >= 11 is 1.23. The maximum atomic E-state index is 9.30. The molecule has 0 aromatic heterocycles. The lowest BCUT2D eigenvalue weighted by atomic mass is 10.3. The van der Waals surface area contributed by atoms with Crippen LogP contribution in [-0.2, 0) is 0 Å². The number of phenolic OH excluding ortho intramolecular Hbond substituents is 2. The van der Waals surface area contributed by atoms with Gasteiger partial charge >= 0.3 is 0 Å². The molecular formula is C6H5N3O2S. The molecule has 0 fully saturated rings. The Labute approximate surface area is 72.2 Å². The number of rotatable bonds is 0. The van der Waals surface area contributed by atoms with E-state index in [4.69, 9.17) is 5.11 Å². The Balaban J connectivity index is 2.64. The number of nitrogens with zero attached hydrogens (tertiary/aromatic N) is 2. The Morgan fingerprint density at radius 3 is 3.00 bits per heavy atom. The average molecular weight is 183 g/mol. The number of phenols is 2. The monoisotopic (exact) mass is 183 g/mol. The predicted octanol–water partition coefficient (Wildman–Crippen LogP) is 1.71. The molecule has 0 amide bonds. The van der Waals surface area contributed by atoms with Crippen LogP contribution in [0, 0.1) is 0 Å². The van der Waals surface area contributed by atoms with E-state index in [1.807, 2.05) is 0 Å². The van der Waals surface area contributed by atoms with Gasteiger partial charge in [0, 0.05) is 11.9 Å². The first-order valence-electron chi connectivity index (χ1n) is 3.16. The molecule has 0 bridgehead atoms. The molecule has 0 atom stereocenters. The number of hydrogen-bond donors (Lipinski definition) is 3. The van der Waals surface area contributed by atoms with Gasteiger partial charge in [-0.2, -0.15) is 0 Å². The molecule has 12 heavy (non-hydrogen) atoms. The van der Waals surface area contributed by atoms with Gasteiger partial charge < -0.3 is 10.2 Å². The van der Waals surface area contributed by atoms with E-state index in [1.54, 1.807) is 6.07 Å². The molecule has 2 rings (SSSR count). The molecule has 1 aromatic rings. The maximum absolute atomic E-state index is 9.30. The summed E-state index contributed by atoms with van der Waals surface area (Å²) in [6, 6.07) is 3.06. The highest BCUT2D eigenvalue weighted by Gasteiger charge is 2.14. The molecule has 0 radical (unpaired) electrons. The standard InChI is InChI=1S/C6H5N3O2S/c10-3-1-2-4-5(6(3)11)7-8-9-12-4/h1-2,10-11H,(H,7,9). The normalized spacial score (nSPS) is 13.7. The smallest absolute Gasteiger partial charge is 0.186 e. The molecule has 6 heteroatoms. The van der Waals surface area contributed by atoms with Crippen LogP contribution in [0.1, 0.15) is 0 Å². The molecule has 0 saturated carbocycles. The van der Waals surface area contributed by atoms with Crippen LogP contribution in [0.25, 0.3) is 0 Å². The summed E-state index contributed by atoms with van der Waals surface area (Å²) in [4.78, 5) is 3.31. The van der Waals surface area contributed by atoms with Crippen molar-refractivity contribution in [2.45, 2.75) is 4.90 Å². The van der Waals surface area contributed by atoms with E-state index in [2.05, 4.69) is 15.2 Å². The van der Waals surface area contributed by atoms with Gasteiger partial charge in [0.1, 0.15) is 5.69 Å². The summed E-state index contributed by atoms with van der Waals surface area (Å²) in [6.45, 7) is 0. The fraction of sp³-hybridized carbons (Fsp3) is 0. The fourth-order valence-corrected chi connectivity index (χ4v) is 1.42. The lowest BCUT2D eigenvalue weighted by Crippen LogP contribution is -1.94. The Morgan fingerprint density at radius 2 is 2.17 bits per heavy atom. The first-order valence-corrected chi connectivity index (χ1v) is 3.98. The van der Waals surface area contributed by atoms with Crippen molar-refractivity contribution in [1.29, 1.82) is 0 Å². The SMILES string of the molecule is Oc1ccc2c(c1O)N=NNS2. The Morgan fingerprint density at radius 1 is 1.33 bits per heavy atom. The minimum Gasteiger partial charge on any atom is -0.504 e. The number of hydrogen-bond acceptors (Lipinski definition) is 6. The second-order valence-corrected chi connectivity index (χ2v) is 3.00. The predicted molar refractivity (Wildman–Crippen MR) is 43.3 cm³/mol. The zero-order valence-corrected chi connectivity index (χ0v) is 6.67. The molecule has 1 aromatic carbocycles. The molecule has 0 unspecified atom stereocenters. The molecule has 1 aliphatic rings. The Hall–Kier alpha value is -1.43. The van der Waals surface area contributed by atoms with Crippen molar-refractivity contribution >= 4 is 17.6 Å². The second kappa shape index (κ2) is 2.56. The first kappa shape index (κ1) is 7.23. The van der Waals surface area contributed by atoms with E-state index in [9.17, 15) is 5.11 Å². The van der Waals surface area contributed by atoms with Crippen molar-refractivity contribution in [2.24, 2.45) is 10.3 Å². The van der Waals surface area contributed by atoms with Gasteiger partial charge in [-0.25, -0.2) is 4.83 Å². The molecular weight excluding hydrogens is 178 g/mol. The van der Waals surface area contributed by atoms with Crippen molar-refractivity contribution in [1.82, 2.24) is 4.83 Å². The van der Waals surface area contributed by atoms with Crippen LogP contribution in [0.5, 0.6) is 11.5 Å². The summed E-state index contributed by atoms with van der Waals surface area (Å²) in [7, 11) is 0. The number of nitrogens with one attached hydrogen (secondary N) is 1. The average Bonchev–Trinajstić information content (AvgIpc) is 2.12. The van der Waals surface area contributed by atoms with Gasteiger partial charge in [0.15, 0.2) is 11.5 Å². The largest absolute Gasteiger partial charge is 0.504 e. The van der Waals surface area contributed by atoms with Gasteiger partial charge in [-0.3, -0.25) is 0 Å². The van der Waals surface area contributed by atoms with E-state index in [0.717, 1.165) is 4.90 Å². The van der Waals surface area contributed by atoms with Crippen LogP contribution in [0.15, 0.2) is 27.4 Å². The first-order chi connectivity index (χ1) is 5.79. The van der Waals surface area contributed by atoms with Crippen molar-refractivity contribution in [3.8, 4) is 11.5 Å². The topological polar surface area (TPSA) is 77.2 Å². The summed E-state index contributed by atoms with van der Waals surface area (Å²) in [6.07, 6.45) is 0. The van der Waals surface area contributed by atoms with E-state index in [0.29, 0.717) is 5.69 Å². The summed E-state index contributed by atoms with van der Waals surface area (Å²) in [5.41, 5.74) is 0.304. The summed E-state index contributed by atoms with van der Waals surface area (Å²) < 4.78 is 0. The fourth-order valence-electron chi connectivity index (χ4n) is 0.869. The Kier molecular flexibility index (Phi) is 1.54. The molecule has 1 aliphatic heterocycles. The third-order valence-electron chi connectivity index (χ3n) is 1.44. The van der Waals surface area contributed by atoms with Crippen LogP contribution >= 0.6 is 11.9 Å². The molecule has 0 aliphatic carbocycles. The number of benzene rings is 1. The molecule has 5 nitrogen and oxygen atoms in total. The van der Waals surface area contributed by atoms with Crippen molar-refractivity contribution in [3.05, 3.63) is 12.1 Å². The molecule has 0 spiro atoms. The minimum atomic E-state index is -0.231. The number of aromatic hydroxyl groups is 2. The summed E-state index contributed by atoms with van der Waals surface area (Å²) in [5, 5.41) is 25.5. The van der Waals surface area contributed by atoms with Crippen molar-refractivity contribution in [3.63, 3.8) is 0 Å². The van der Waals surface area contributed by atoms with E-state index in [-0.39, 0.29) is 11.5 Å². The third kappa shape index (κ3) is 0.964. The van der Waals surface area contributed by atoms with Gasteiger partial charge in [0.25, 0.3) is 0 Å². The van der Waals surface area contributed by atoms with Crippen LogP contribution in [0.4, 0.5) is 5.69 Å². The molecule has 3 N–H and O–H groups in total. The van der Waals surface area contributed by atoms with Crippen LogP contribution in [0.2, 0.25) is 0 Å². The van der Waals surface area contributed by atoms with E-state index in [1.165, 1.54) is 18.0 Å². The van der Waals surface area contributed by atoms with Crippen molar-refractivity contribution in [2.75, 3.05) is 0 Å². The molecule has 1 heterocycles. The van der Waals surface area contributed by atoms with Crippen LogP contribution < -0.4 is 4.83 Å². The van der Waals surface area contributed by atoms with Gasteiger partial charge in [0.05, 0.1) is 4.90 Å².